The molecule has 0 bridgehead atoms. The summed E-state index contributed by atoms with van der Waals surface area (Å²) in [5, 5.41) is 13.9. The van der Waals surface area contributed by atoms with Crippen molar-refractivity contribution in [2.24, 2.45) is 0 Å². The molecule has 3 aromatic rings. The largest absolute Gasteiger partial charge is 0.333 e. The monoisotopic (exact) mass is 325 g/mol. The maximum absolute atomic E-state index is 12.7. The third kappa shape index (κ3) is 2.26. The minimum absolute atomic E-state index is 0.115. The van der Waals surface area contributed by atoms with E-state index in [1.54, 1.807) is 33.8 Å². The Kier molecular flexibility index (Phi) is 3.10. The molecule has 0 spiro atoms. The Labute approximate surface area is 137 Å². The van der Waals surface area contributed by atoms with Gasteiger partial charge in [-0.2, -0.15) is 10.4 Å². The average molecular weight is 326 g/mol. The summed E-state index contributed by atoms with van der Waals surface area (Å²) in [4.78, 5) is 14.4. The number of amides is 1. The second-order valence-electron chi connectivity index (χ2n) is 5.45. The van der Waals surface area contributed by atoms with Crippen LogP contribution in [0.2, 0.25) is 5.02 Å². The van der Waals surface area contributed by atoms with E-state index >= 15 is 0 Å². The van der Waals surface area contributed by atoms with Crippen LogP contribution in [0.3, 0.4) is 0 Å². The van der Waals surface area contributed by atoms with Crippen molar-refractivity contribution in [3.63, 3.8) is 0 Å². The first kappa shape index (κ1) is 13.9. The topological polar surface area (TPSA) is 66.3 Å². The molecule has 0 radical (unpaired) electrons. The molecule has 0 fully saturated rings. The van der Waals surface area contributed by atoms with Crippen LogP contribution >= 0.6 is 11.6 Å². The van der Waals surface area contributed by atoms with Gasteiger partial charge in [-0.05, 0) is 30.3 Å². The van der Waals surface area contributed by atoms with E-state index in [0.29, 0.717) is 36.0 Å². The maximum atomic E-state index is 12.7. The molecule has 1 aliphatic rings. The molecule has 0 aliphatic carbocycles. The number of hydrogen-bond acceptors (Lipinski definition) is 3. The quantitative estimate of drug-likeness (QED) is 0.689. The van der Waals surface area contributed by atoms with Crippen molar-refractivity contribution in [2.45, 2.75) is 13.1 Å². The molecule has 0 unspecified atom stereocenters. The third-order valence-electron chi connectivity index (χ3n) is 4.06. The highest BCUT2D eigenvalue weighted by Crippen LogP contribution is 2.19. The van der Waals surface area contributed by atoms with Gasteiger partial charge in [0.25, 0.3) is 5.91 Å². The van der Waals surface area contributed by atoms with Crippen LogP contribution in [-0.4, -0.2) is 31.5 Å². The highest BCUT2D eigenvalue weighted by molar-refractivity contribution is 6.30. The summed E-state index contributed by atoms with van der Waals surface area (Å²) >= 11 is 5.94. The number of nitrogens with zero attached hydrogens (tertiary/aromatic N) is 5. The van der Waals surface area contributed by atoms with Crippen molar-refractivity contribution in [2.75, 3.05) is 6.54 Å². The lowest BCUT2D eigenvalue weighted by atomic mass is 10.2. The van der Waals surface area contributed by atoms with E-state index in [4.69, 9.17) is 16.9 Å². The summed E-state index contributed by atoms with van der Waals surface area (Å²) in [6.07, 6.45) is 1.67. The molecule has 3 aromatic heterocycles. The average Bonchev–Trinajstić information content (AvgIpc) is 3.16. The first-order chi connectivity index (χ1) is 11.2. The van der Waals surface area contributed by atoms with Crippen LogP contribution in [0.1, 0.15) is 21.9 Å². The number of rotatable bonds is 1. The molecule has 0 N–H and O–H groups in total. The number of carbonyl (C=O) groups is 1. The van der Waals surface area contributed by atoms with Crippen LogP contribution < -0.4 is 0 Å². The molecular formula is C16H12ClN5O. The molecule has 1 aliphatic heterocycles. The third-order valence-corrected chi connectivity index (χ3v) is 4.29. The van der Waals surface area contributed by atoms with Crippen LogP contribution in [0, 0.1) is 11.3 Å². The van der Waals surface area contributed by atoms with E-state index in [9.17, 15) is 4.79 Å². The molecule has 0 atom stereocenters. The molecule has 4 heterocycles. The van der Waals surface area contributed by atoms with Crippen molar-refractivity contribution >= 4 is 23.0 Å². The predicted molar refractivity (Wildman–Crippen MR) is 84.1 cm³/mol. The van der Waals surface area contributed by atoms with Crippen molar-refractivity contribution < 1.29 is 4.79 Å². The minimum Gasteiger partial charge on any atom is -0.333 e. The van der Waals surface area contributed by atoms with Crippen LogP contribution in [0.5, 0.6) is 0 Å². The van der Waals surface area contributed by atoms with E-state index in [0.717, 1.165) is 11.2 Å². The Bertz CT molecular complexity index is 965. The van der Waals surface area contributed by atoms with Gasteiger partial charge in [-0.1, -0.05) is 11.6 Å². The smallest absolute Gasteiger partial charge is 0.274 e. The van der Waals surface area contributed by atoms with Crippen molar-refractivity contribution in [3.05, 3.63) is 58.6 Å². The molecule has 23 heavy (non-hydrogen) atoms. The number of aromatic nitrogens is 3. The van der Waals surface area contributed by atoms with Gasteiger partial charge in [-0.25, -0.2) is 4.52 Å². The second kappa shape index (κ2) is 5.14. The lowest BCUT2D eigenvalue weighted by Crippen LogP contribution is -2.38. The van der Waals surface area contributed by atoms with E-state index in [2.05, 4.69) is 11.2 Å². The van der Waals surface area contributed by atoms with Crippen LogP contribution in [-0.2, 0) is 13.1 Å². The molecule has 7 heteroatoms. The van der Waals surface area contributed by atoms with Crippen molar-refractivity contribution in [1.29, 1.82) is 5.26 Å². The number of hydrogen-bond donors (Lipinski definition) is 0. The summed E-state index contributed by atoms with van der Waals surface area (Å²) in [5.41, 5.74) is 2.82. The summed E-state index contributed by atoms with van der Waals surface area (Å²) in [6, 6.07) is 11.2. The van der Waals surface area contributed by atoms with Gasteiger partial charge in [0.05, 0.1) is 17.1 Å². The predicted octanol–water partition coefficient (Wildman–Crippen LogP) is 2.32. The maximum Gasteiger partial charge on any atom is 0.274 e. The van der Waals surface area contributed by atoms with Crippen LogP contribution in [0.25, 0.3) is 5.52 Å². The number of halogens is 1. The zero-order valence-corrected chi connectivity index (χ0v) is 12.9. The second-order valence-corrected chi connectivity index (χ2v) is 5.88. The standard InChI is InChI=1S/C16H12ClN5O/c17-11-1-2-12-7-15(19-22(12)9-11)16(23)20-5-6-21-13(8-18)3-4-14(21)10-20/h1-4,7,9H,5-6,10H2. The molecule has 114 valence electrons. The number of fused-ring (bicyclic) bond motifs is 2. The van der Waals surface area contributed by atoms with E-state index in [1.807, 2.05) is 16.7 Å². The molecule has 4 rings (SSSR count). The zero-order valence-electron chi connectivity index (χ0n) is 12.1. The highest BCUT2D eigenvalue weighted by atomic mass is 35.5. The Morgan fingerprint density at radius 2 is 2.13 bits per heavy atom. The lowest BCUT2D eigenvalue weighted by Gasteiger charge is -2.28. The summed E-state index contributed by atoms with van der Waals surface area (Å²) in [7, 11) is 0. The van der Waals surface area contributed by atoms with Gasteiger partial charge in [-0.3, -0.25) is 4.79 Å². The molecule has 0 aromatic carbocycles. The molecule has 1 amide bonds. The fraction of sp³-hybridized carbons (Fsp3) is 0.188. The Morgan fingerprint density at radius 3 is 2.96 bits per heavy atom. The fourth-order valence-corrected chi connectivity index (χ4v) is 3.06. The molecule has 0 saturated carbocycles. The van der Waals surface area contributed by atoms with E-state index in [-0.39, 0.29) is 5.91 Å². The van der Waals surface area contributed by atoms with Gasteiger partial charge in [0.2, 0.25) is 0 Å². The van der Waals surface area contributed by atoms with Crippen molar-refractivity contribution in [1.82, 2.24) is 19.1 Å². The van der Waals surface area contributed by atoms with Gasteiger partial charge >= 0.3 is 0 Å². The fourth-order valence-electron chi connectivity index (χ4n) is 2.91. The summed E-state index contributed by atoms with van der Waals surface area (Å²) < 4.78 is 3.56. The summed E-state index contributed by atoms with van der Waals surface area (Å²) in [5.74, 6) is -0.115. The van der Waals surface area contributed by atoms with Crippen LogP contribution in [0.4, 0.5) is 0 Å². The first-order valence-corrected chi connectivity index (χ1v) is 7.56. The number of nitriles is 1. The highest BCUT2D eigenvalue weighted by Gasteiger charge is 2.24. The van der Waals surface area contributed by atoms with Crippen molar-refractivity contribution in [3.8, 4) is 6.07 Å². The normalized spacial score (nSPS) is 13.8. The van der Waals surface area contributed by atoms with Gasteiger partial charge < -0.3 is 9.47 Å². The number of carbonyl (C=O) groups excluding carboxylic acids is 1. The van der Waals surface area contributed by atoms with Gasteiger partial charge in [0, 0.05) is 25.0 Å². The zero-order chi connectivity index (χ0) is 16.0. The molecule has 0 saturated heterocycles. The van der Waals surface area contributed by atoms with Gasteiger partial charge in [0.1, 0.15) is 11.8 Å². The van der Waals surface area contributed by atoms with Gasteiger partial charge in [0.15, 0.2) is 5.69 Å². The summed E-state index contributed by atoms with van der Waals surface area (Å²) in [6.45, 7) is 1.66. The SMILES string of the molecule is N#Cc1ccc2n1CCN(C(=O)c1cc3ccc(Cl)cn3n1)C2. The Morgan fingerprint density at radius 1 is 1.26 bits per heavy atom. The number of pyridine rings is 1. The van der Waals surface area contributed by atoms with E-state index in [1.165, 1.54) is 0 Å². The molecular weight excluding hydrogens is 314 g/mol. The minimum atomic E-state index is -0.115. The van der Waals surface area contributed by atoms with Crippen LogP contribution in [0.15, 0.2) is 36.5 Å². The lowest BCUT2D eigenvalue weighted by molar-refractivity contribution is 0.0704. The van der Waals surface area contributed by atoms with E-state index < -0.39 is 0 Å². The molecule has 6 nitrogen and oxygen atoms in total. The Hall–Kier alpha value is -2.78. The first-order valence-electron chi connectivity index (χ1n) is 7.18. The Balaban J connectivity index is 1.62. The van der Waals surface area contributed by atoms with Gasteiger partial charge in [-0.15, -0.1) is 0 Å².